The summed E-state index contributed by atoms with van der Waals surface area (Å²) in [5, 5.41) is 17.7. The molecule has 196 valence electrons. The van der Waals surface area contributed by atoms with Gasteiger partial charge in [0.2, 0.25) is 5.88 Å². The van der Waals surface area contributed by atoms with Gasteiger partial charge in [0.05, 0.1) is 6.20 Å². The van der Waals surface area contributed by atoms with Crippen LogP contribution in [-0.2, 0) is 17.8 Å². The number of aliphatic hydroxyl groups excluding tert-OH is 1. The molecule has 36 heavy (non-hydrogen) atoms. The predicted octanol–water partition coefficient (Wildman–Crippen LogP) is 3.35. The Bertz CT molecular complexity index is 1070. The van der Waals surface area contributed by atoms with Crippen molar-refractivity contribution in [2.75, 3.05) is 43.1 Å². The van der Waals surface area contributed by atoms with Crippen LogP contribution in [0.5, 0.6) is 5.88 Å². The zero-order chi connectivity index (χ0) is 25.2. The Morgan fingerprint density at radius 2 is 2.08 bits per heavy atom. The molecule has 4 rings (SSSR count). The number of pyridine rings is 1. The van der Waals surface area contributed by atoms with Crippen molar-refractivity contribution in [3.05, 3.63) is 41.7 Å². The van der Waals surface area contributed by atoms with Crippen LogP contribution in [0.4, 0.5) is 11.6 Å². The minimum absolute atomic E-state index is 0.191. The lowest BCUT2D eigenvalue weighted by Crippen LogP contribution is -2.40. The van der Waals surface area contributed by atoms with Gasteiger partial charge in [-0.05, 0) is 44.1 Å². The van der Waals surface area contributed by atoms with E-state index in [4.69, 9.17) is 14.6 Å². The molecule has 3 N–H and O–H groups in total. The normalized spacial score (nSPS) is 16.0. The number of hydroxylamine groups is 1. The van der Waals surface area contributed by atoms with E-state index >= 15 is 0 Å². The number of rotatable bonds is 14. The van der Waals surface area contributed by atoms with E-state index in [1.807, 2.05) is 29.0 Å². The Morgan fingerprint density at radius 3 is 2.86 bits per heavy atom. The second-order valence-corrected chi connectivity index (χ2v) is 9.06. The summed E-state index contributed by atoms with van der Waals surface area (Å²) in [5.74, 6) is 2.40. The molecule has 1 aliphatic heterocycles. The summed E-state index contributed by atoms with van der Waals surface area (Å²) >= 11 is 0. The van der Waals surface area contributed by atoms with Gasteiger partial charge < -0.3 is 20.1 Å². The van der Waals surface area contributed by atoms with Crippen LogP contribution >= 0.6 is 0 Å². The van der Waals surface area contributed by atoms with Crippen molar-refractivity contribution in [2.45, 2.75) is 65.0 Å². The maximum atomic E-state index is 9.58. The highest BCUT2D eigenvalue weighted by molar-refractivity contribution is 5.61. The summed E-state index contributed by atoms with van der Waals surface area (Å²) < 4.78 is 7.53. The highest BCUT2D eigenvalue weighted by Gasteiger charge is 2.24. The number of fused-ring (bicyclic) bond motifs is 1. The van der Waals surface area contributed by atoms with E-state index in [-0.39, 0.29) is 6.61 Å². The van der Waals surface area contributed by atoms with Gasteiger partial charge in [-0.3, -0.25) is 4.84 Å². The van der Waals surface area contributed by atoms with Gasteiger partial charge >= 0.3 is 0 Å². The smallest absolute Gasteiger partial charge is 0.213 e. The zero-order valence-electron chi connectivity index (χ0n) is 21.4. The lowest BCUT2D eigenvalue weighted by atomic mass is 9.99. The summed E-state index contributed by atoms with van der Waals surface area (Å²) in [6.45, 7) is 7.67. The Morgan fingerprint density at radius 1 is 1.17 bits per heavy atom. The Kier molecular flexibility index (Phi) is 9.71. The number of nitrogens with zero attached hydrogens (tertiary/aromatic N) is 5. The quantitative estimate of drug-likeness (QED) is 0.228. The first-order chi connectivity index (χ1) is 17.7. The SMILES string of the molecule is CCCNOCCOc1ccc(CNc2cc(N3CCCCC3CCO)nc3c(CC)cnn23)cn1. The monoisotopic (exact) mass is 497 g/mol. The molecule has 0 bridgehead atoms. The van der Waals surface area contributed by atoms with E-state index in [0.29, 0.717) is 31.7 Å². The molecule has 4 heterocycles. The Balaban J connectivity index is 1.44. The van der Waals surface area contributed by atoms with E-state index in [0.717, 1.165) is 73.6 Å². The maximum absolute atomic E-state index is 9.58. The third kappa shape index (κ3) is 6.63. The van der Waals surface area contributed by atoms with Crippen LogP contribution in [0, 0.1) is 0 Å². The lowest BCUT2D eigenvalue weighted by molar-refractivity contribution is 0.0219. The molecular formula is C26H39N7O3. The van der Waals surface area contributed by atoms with Crippen LogP contribution < -0.4 is 20.4 Å². The first-order valence-electron chi connectivity index (χ1n) is 13.1. The van der Waals surface area contributed by atoms with Gasteiger partial charge in [0.25, 0.3) is 0 Å². The fourth-order valence-corrected chi connectivity index (χ4v) is 4.50. The molecule has 3 aromatic rings. The number of hydrogen-bond acceptors (Lipinski definition) is 9. The molecule has 1 atom stereocenters. The fourth-order valence-electron chi connectivity index (χ4n) is 4.50. The lowest BCUT2D eigenvalue weighted by Gasteiger charge is -2.36. The Labute approximate surface area is 213 Å². The fraction of sp³-hybridized carbons (Fsp3) is 0.577. The molecule has 0 amide bonds. The molecule has 1 saturated heterocycles. The van der Waals surface area contributed by atoms with Crippen molar-refractivity contribution < 1.29 is 14.7 Å². The van der Waals surface area contributed by atoms with Crippen molar-refractivity contribution in [2.24, 2.45) is 0 Å². The summed E-state index contributed by atoms with van der Waals surface area (Å²) in [6, 6.07) is 6.27. The molecule has 1 unspecified atom stereocenters. The third-order valence-corrected chi connectivity index (χ3v) is 6.46. The van der Waals surface area contributed by atoms with Crippen LogP contribution in [0.15, 0.2) is 30.6 Å². The van der Waals surface area contributed by atoms with Gasteiger partial charge in [0, 0.05) is 56.2 Å². The molecule has 1 aliphatic rings. The van der Waals surface area contributed by atoms with Gasteiger partial charge in [-0.1, -0.05) is 19.9 Å². The number of aliphatic hydroxyl groups is 1. The van der Waals surface area contributed by atoms with E-state index in [1.54, 1.807) is 0 Å². The first-order valence-corrected chi connectivity index (χ1v) is 13.1. The molecule has 10 heteroatoms. The van der Waals surface area contributed by atoms with Crippen LogP contribution in [0.3, 0.4) is 0 Å². The van der Waals surface area contributed by atoms with Crippen LogP contribution in [-0.4, -0.2) is 63.6 Å². The molecule has 3 aromatic heterocycles. The van der Waals surface area contributed by atoms with Crippen molar-refractivity contribution in [1.29, 1.82) is 0 Å². The van der Waals surface area contributed by atoms with E-state index in [1.165, 1.54) is 6.42 Å². The number of nitrogens with one attached hydrogen (secondary N) is 2. The number of hydrogen-bond donors (Lipinski definition) is 3. The molecule has 10 nitrogen and oxygen atoms in total. The number of aromatic nitrogens is 4. The first kappa shape index (κ1) is 26.1. The summed E-state index contributed by atoms with van der Waals surface area (Å²) in [7, 11) is 0. The molecular weight excluding hydrogens is 458 g/mol. The van der Waals surface area contributed by atoms with E-state index in [9.17, 15) is 5.11 Å². The van der Waals surface area contributed by atoms with E-state index < -0.39 is 0 Å². The van der Waals surface area contributed by atoms with Crippen molar-refractivity contribution in [3.8, 4) is 5.88 Å². The van der Waals surface area contributed by atoms with Gasteiger partial charge in [-0.15, -0.1) is 0 Å². The average molecular weight is 498 g/mol. The summed E-state index contributed by atoms with van der Waals surface area (Å²) in [5.41, 5.74) is 5.91. The third-order valence-electron chi connectivity index (χ3n) is 6.46. The van der Waals surface area contributed by atoms with Crippen LogP contribution in [0.2, 0.25) is 0 Å². The van der Waals surface area contributed by atoms with E-state index in [2.05, 4.69) is 45.7 Å². The standard InChI is InChI=1S/C26H39N7O3/c1-3-11-30-36-15-14-35-25-9-8-20(18-28-25)17-27-23-16-24(31-26-21(4-2)19-29-33(23)26)32-12-6-5-7-22(32)10-13-34/h8-9,16,18-19,22,27,30,34H,3-7,10-15,17H2,1-2H3. The predicted molar refractivity (Wildman–Crippen MR) is 140 cm³/mol. The van der Waals surface area contributed by atoms with Crippen molar-refractivity contribution >= 4 is 17.3 Å². The average Bonchev–Trinajstić information content (AvgIpc) is 3.34. The second-order valence-electron chi connectivity index (χ2n) is 9.06. The minimum Gasteiger partial charge on any atom is -0.475 e. The molecule has 0 radical (unpaired) electrons. The minimum atomic E-state index is 0.191. The molecule has 0 spiro atoms. The van der Waals surface area contributed by atoms with Gasteiger partial charge in [0.1, 0.15) is 24.8 Å². The number of piperidine rings is 1. The van der Waals surface area contributed by atoms with Crippen molar-refractivity contribution in [3.63, 3.8) is 0 Å². The Hall–Kier alpha value is -2.95. The highest BCUT2D eigenvalue weighted by Crippen LogP contribution is 2.29. The number of aryl methyl sites for hydroxylation is 1. The van der Waals surface area contributed by atoms with Crippen LogP contribution in [0.25, 0.3) is 5.65 Å². The topological polar surface area (TPSA) is 109 Å². The van der Waals surface area contributed by atoms with Gasteiger partial charge in [-0.2, -0.15) is 9.61 Å². The molecule has 1 fully saturated rings. The molecule has 0 aromatic carbocycles. The zero-order valence-corrected chi connectivity index (χ0v) is 21.4. The highest BCUT2D eigenvalue weighted by atomic mass is 16.7. The van der Waals surface area contributed by atoms with Crippen LogP contribution in [0.1, 0.15) is 57.1 Å². The largest absolute Gasteiger partial charge is 0.475 e. The number of ether oxygens (including phenoxy) is 1. The number of anilines is 2. The van der Waals surface area contributed by atoms with Gasteiger partial charge in [0.15, 0.2) is 5.65 Å². The maximum Gasteiger partial charge on any atom is 0.213 e. The summed E-state index contributed by atoms with van der Waals surface area (Å²) in [4.78, 5) is 17.1. The summed E-state index contributed by atoms with van der Waals surface area (Å²) in [6.07, 6.45) is 9.77. The molecule has 0 aliphatic carbocycles. The van der Waals surface area contributed by atoms with Crippen molar-refractivity contribution in [1.82, 2.24) is 25.1 Å². The van der Waals surface area contributed by atoms with Gasteiger partial charge in [-0.25, -0.2) is 15.4 Å². The molecule has 0 saturated carbocycles. The second kappa shape index (κ2) is 13.4.